The van der Waals surface area contributed by atoms with E-state index in [4.69, 9.17) is 4.74 Å². The van der Waals surface area contributed by atoms with Crippen LogP contribution in [-0.4, -0.2) is 15.9 Å². The van der Waals surface area contributed by atoms with E-state index in [0.717, 1.165) is 36.6 Å². The van der Waals surface area contributed by atoms with E-state index < -0.39 is 0 Å². The Morgan fingerprint density at radius 1 is 1.29 bits per heavy atom. The van der Waals surface area contributed by atoms with Crippen molar-refractivity contribution in [3.8, 4) is 5.75 Å². The van der Waals surface area contributed by atoms with Crippen LogP contribution >= 0.6 is 0 Å². The van der Waals surface area contributed by atoms with Gasteiger partial charge in [-0.2, -0.15) is 5.10 Å². The molecule has 1 atom stereocenters. The topological polar surface area (TPSA) is 39.1 Å². The molecule has 0 aliphatic heterocycles. The lowest BCUT2D eigenvalue weighted by molar-refractivity contribution is 0.217. The second-order valence-corrected chi connectivity index (χ2v) is 5.31. The van der Waals surface area contributed by atoms with Gasteiger partial charge in [0.1, 0.15) is 5.75 Å². The van der Waals surface area contributed by atoms with Crippen LogP contribution in [0, 0.1) is 6.92 Å². The molecular weight excluding hydrogens is 262 g/mol. The second-order valence-electron chi connectivity index (χ2n) is 5.31. The van der Waals surface area contributed by atoms with Crippen molar-refractivity contribution in [1.29, 1.82) is 0 Å². The molecule has 1 heterocycles. The summed E-state index contributed by atoms with van der Waals surface area (Å²) in [6.07, 6.45) is 1.25. The molecule has 1 aromatic carbocycles. The van der Waals surface area contributed by atoms with Crippen molar-refractivity contribution in [2.45, 2.75) is 53.3 Å². The molecule has 0 saturated carbocycles. The first-order valence-corrected chi connectivity index (χ1v) is 7.66. The molecule has 1 aromatic heterocycles. The number of nitrogens with one attached hydrogen (secondary N) is 1. The molecule has 4 nitrogen and oxygen atoms in total. The van der Waals surface area contributed by atoms with Crippen LogP contribution in [0.4, 0.5) is 5.69 Å². The first-order chi connectivity index (χ1) is 10.1. The summed E-state index contributed by atoms with van der Waals surface area (Å²) in [5.74, 6) is 0.912. The lowest BCUT2D eigenvalue weighted by Gasteiger charge is -2.14. The molecule has 21 heavy (non-hydrogen) atoms. The maximum atomic E-state index is 5.85. The Morgan fingerprint density at radius 3 is 2.81 bits per heavy atom. The van der Waals surface area contributed by atoms with Crippen LogP contribution in [0.1, 0.15) is 38.6 Å². The SMILES string of the molecule is CCC(C)Oc1cccc(NCc2cc(C)nn2CC)c1. The summed E-state index contributed by atoms with van der Waals surface area (Å²) in [4.78, 5) is 0. The minimum absolute atomic E-state index is 0.240. The van der Waals surface area contributed by atoms with Crippen LogP contribution in [0.15, 0.2) is 30.3 Å². The van der Waals surface area contributed by atoms with Crippen LogP contribution in [-0.2, 0) is 13.1 Å². The fraction of sp³-hybridized carbons (Fsp3) is 0.471. The van der Waals surface area contributed by atoms with Crippen molar-refractivity contribution >= 4 is 5.69 Å². The van der Waals surface area contributed by atoms with E-state index in [1.165, 1.54) is 5.69 Å². The zero-order valence-electron chi connectivity index (χ0n) is 13.4. The van der Waals surface area contributed by atoms with Crippen molar-refractivity contribution in [2.24, 2.45) is 0 Å². The fourth-order valence-electron chi connectivity index (χ4n) is 2.20. The number of nitrogens with zero attached hydrogens (tertiary/aromatic N) is 2. The molecule has 0 spiro atoms. The zero-order chi connectivity index (χ0) is 15.2. The first-order valence-electron chi connectivity index (χ1n) is 7.66. The van der Waals surface area contributed by atoms with Gasteiger partial charge < -0.3 is 10.1 Å². The Hall–Kier alpha value is -1.97. The number of benzene rings is 1. The number of hydrogen-bond acceptors (Lipinski definition) is 3. The molecule has 0 radical (unpaired) electrons. The molecule has 4 heteroatoms. The molecule has 0 amide bonds. The molecule has 114 valence electrons. The normalized spacial score (nSPS) is 12.2. The summed E-state index contributed by atoms with van der Waals surface area (Å²) < 4.78 is 7.88. The summed E-state index contributed by atoms with van der Waals surface area (Å²) in [6.45, 7) is 10.00. The molecule has 0 aliphatic rings. The lowest BCUT2D eigenvalue weighted by Crippen LogP contribution is -2.10. The predicted molar refractivity (Wildman–Crippen MR) is 86.8 cm³/mol. The Morgan fingerprint density at radius 2 is 2.10 bits per heavy atom. The van der Waals surface area contributed by atoms with E-state index in [1.54, 1.807) is 0 Å². The highest BCUT2D eigenvalue weighted by molar-refractivity contribution is 5.48. The van der Waals surface area contributed by atoms with Crippen molar-refractivity contribution < 1.29 is 4.74 Å². The Bertz CT molecular complexity index is 577. The van der Waals surface area contributed by atoms with Gasteiger partial charge in [-0.3, -0.25) is 4.68 Å². The van der Waals surface area contributed by atoms with Gasteiger partial charge in [-0.25, -0.2) is 0 Å². The van der Waals surface area contributed by atoms with Gasteiger partial charge in [0.25, 0.3) is 0 Å². The average molecular weight is 287 g/mol. The standard InChI is InChI=1S/C17H25N3O/c1-5-14(4)21-17-9-7-8-15(11-17)18-12-16-10-13(3)19-20(16)6-2/h7-11,14,18H,5-6,12H2,1-4H3. The maximum absolute atomic E-state index is 5.85. The highest BCUT2D eigenvalue weighted by Gasteiger charge is 2.05. The Labute approximate surface area is 127 Å². The van der Waals surface area contributed by atoms with Crippen molar-refractivity contribution in [1.82, 2.24) is 9.78 Å². The number of aromatic nitrogens is 2. The largest absolute Gasteiger partial charge is 0.491 e. The van der Waals surface area contributed by atoms with Crippen LogP contribution in [0.2, 0.25) is 0 Å². The molecule has 1 N–H and O–H groups in total. The number of hydrogen-bond donors (Lipinski definition) is 1. The number of aryl methyl sites for hydroxylation is 2. The van der Waals surface area contributed by atoms with Crippen LogP contribution < -0.4 is 10.1 Å². The van der Waals surface area contributed by atoms with Crippen LogP contribution in [0.25, 0.3) is 0 Å². The van der Waals surface area contributed by atoms with E-state index in [1.807, 2.05) is 29.8 Å². The second kappa shape index (κ2) is 7.16. The van der Waals surface area contributed by atoms with Crippen LogP contribution in [0.3, 0.4) is 0 Å². The molecule has 0 fully saturated rings. The smallest absolute Gasteiger partial charge is 0.121 e. The minimum Gasteiger partial charge on any atom is -0.491 e. The first kappa shape index (κ1) is 15.4. The van der Waals surface area contributed by atoms with Gasteiger partial charge in [0.05, 0.1) is 24.0 Å². The highest BCUT2D eigenvalue weighted by atomic mass is 16.5. The van der Waals surface area contributed by atoms with Crippen molar-refractivity contribution in [3.63, 3.8) is 0 Å². The van der Waals surface area contributed by atoms with Gasteiger partial charge in [0.2, 0.25) is 0 Å². The summed E-state index contributed by atoms with van der Waals surface area (Å²) >= 11 is 0. The van der Waals surface area contributed by atoms with Crippen molar-refractivity contribution in [3.05, 3.63) is 41.7 Å². The molecule has 1 unspecified atom stereocenters. The Balaban J connectivity index is 2.01. The van der Waals surface area contributed by atoms with E-state index >= 15 is 0 Å². The van der Waals surface area contributed by atoms with Gasteiger partial charge in [-0.1, -0.05) is 13.0 Å². The van der Waals surface area contributed by atoms with E-state index in [0.29, 0.717) is 0 Å². The third-order valence-electron chi connectivity index (χ3n) is 3.50. The third-order valence-corrected chi connectivity index (χ3v) is 3.50. The quantitative estimate of drug-likeness (QED) is 0.836. The predicted octanol–water partition coefficient (Wildman–Crippen LogP) is 4.00. The maximum Gasteiger partial charge on any atom is 0.121 e. The van der Waals surface area contributed by atoms with Crippen LogP contribution in [0.5, 0.6) is 5.75 Å². The summed E-state index contributed by atoms with van der Waals surface area (Å²) in [5, 5.41) is 7.90. The molecule has 2 aromatic rings. The monoisotopic (exact) mass is 287 g/mol. The minimum atomic E-state index is 0.240. The summed E-state index contributed by atoms with van der Waals surface area (Å²) in [7, 11) is 0. The van der Waals surface area contributed by atoms with E-state index in [-0.39, 0.29) is 6.10 Å². The fourth-order valence-corrected chi connectivity index (χ4v) is 2.20. The lowest BCUT2D eigenvalue weighted by atomic mass is 10.2. The molecular formula is C17H25N3O. The highest BCUT2D eigenvalue weighted by Crippen LogP contribution is 2.20. The molecule has 0 aliphatic carbocycles. The number of rotatable bonds is 7. The van der Waals surface area contributed by atoms with Gasteiger partial charge in [0, 0.05) is 18.3 Å². The Kier molecular flexibility index (Phi) is 5.26. The molecule has 2 rings (SSSR count). The van der Waals surface area contributed by atoms with Gasteiger partial charge in [-0.15, -0.1) is 0 Å². The molecule has 0 saturated heterocycles. The number of ether oxygens (including phenoxy) is 1. The molecule has 0 bridgehead atoms. The summed E-state index contributed by atoms with van der Waals surface area (Å²) in [5.41, 5.74) is 3.32. The van der Waals surface area contributed by atoms with Gasteiger partial charge >= 0.3 is 0 Å². The summed E-state index contributed by atoms with van der Waals surface area (Å²) in [6, 6.07) is 10.2. The van der Waals surface area contributed by atoms with E-state index in [9.17, 15) is 0 Å². The number of anilines is 1. The third kappa shape index (κ3) is 4.25. The van der Waals surface area contributed by atoms with Gasteiger partial charge in [-0.05, 0) is 45.4 Å². The van der Waals surface area contributed by atoms with E-state index in [2.05, 4.69) is 43.3 Å². The van der Waals surface area contributed by atoms with Crippen molar-refractivity contribution in [2.75, 3.05) is 5.32 Å². The average Bonchev–Trinajstić information content (AvgIpc) is 2.85. The zero-order valence-corrected chi connectivity index (χ0v) is 13.4. The van der Waals surface area contributed by atoms with Gasteiger partial charge in [0.15, 0.2) is 0 Å².